The minimum atomic E-state index is -0.599. The molecule has 0 fully saturated rings. The van der Waals surface area contributed by atoms with Crippen LogP contribution in [0, 0.1) is 0 Å². The maximum Gasteiger partial charge on any atom is 0.268 e. The molecule has 0 saturated heterocycles. The van der Waals surface area contributed by atoms with Crippen molar-refractivity contribution in [3.8, 4) is 5.75 Å². The SMILES string of the molecule is CC1Oc2ccccc2N(CC(=O)NCc2ccncc2)C1=O. The fourth-order valence-electron chi connectivity index (χ4n) is 2.42. The Morgan fingerprint density at radius 2 is 2.00 bits per heavy atom. The monoisotopic (exact) mass is 311 g/mol. The fraction of sp³-hybridized carbons (Fsp3) is 0.235. The standard InChI is InChI=1S/C17H17N3O3/c1-12-17(22)20(14-4-2-3-5-15(14)23-12)11-16(21)19-10-13-6-8-18-9-7-13/h2-9,12H,10-11H2,1H3,(H,19,21). The van der Waals surface area contributed by atoms with Crippen molar-refractivity contribution in [3.63, 3.8) is 0 Å². The van der Waals surface area contributed by atoms with Gasteiger partial charge in [-0.1, -0.05) is 12.1 Å². The van der Waals surface area contributed by atoms with Gasteiger partial charge in [-0.25, -0.2) is 0 Å². The summed E-state index contributed by atoms with van der Waals surface area (Å²) >= 11 is 0. The molecule has 2 amide bonds. The van der Waals surface area contributed by atoms with E-state index in [1.807, 2.05) is 24.3 Å². The third-order valence-corrected chi connectivity index (χ3v) is 3.61. The van der Waals surface area contributed by atoms with Gasteiger partial charge in [0, 0.05) is 18.9 Å². The Bertz CT molecular complexity index is 718. The Morgan fingerprint density at radius 1 is 1.26 bits per heavy atom. The minimum Gasteiger partial charge on any atom is -0.479 e. The summed E-state index contributed by atoms with van der Waals surface area (Å²) in [5, 5.41) is 2.81. The van der Waals surface area contributed by atoms with E-state index in [1.54, 1.807) is 31.5 Å². The number of nitrogens with zero attached hydrogens (tertiary/aromatic N) is 2. The molecule has 3 rings (SSSR count). The highest BCUT2D eigenvalue weighted by molar-refractivity contribution is 6.03. The summed E-state index contributed by atoms with van der Waals surface area (Å²) < 4.78 is 5.56. The van der Waals surface area contributed by atoms with E-state index in [4.69, 9.17) is 4.74 Å². The van der Waals surface area contributed by atoms with Gasteiger partial charge in [-0.3, -0.25) is 19.5 Å². The molecule has 0 radical (unpaired) electrons. The first-order valence-corrected chi connectivity index (χ1v) is 7.38. The van der Waals surface area contributed by atoms with Gasteiger partial charge >= 0.3 is 0 Å². The lowest BCUT2D eigenvalue weighted by Crippen LogP contribution is -2.48. The molecule has 6 heteroatoms. The predicted molar refractivity (Wildman–Crippen MR) is 85.0 cm³/mol. The van der Waals surface area contributed by atoms with Crippen molar-refractivity contribution in [3.05, 3.63) is 54.4 Å². The van der Waals surface area contributed by atoms with Crippen molar-refractivity contribution in [1.29, 1.82) is 0 Å². The van der Waals surface area contributed by atoms with E-state index in [0.717, 1.165) is 5.56 Å². The Hall–Kier alpha value is -2.89. The van der Waals surface area contributed by atoms with Crippen LogP contribution < -0.4 is 15.0 Å². The van der Waals surface area contributed by atoms with Gasteiger partial charge in [-0.15, -0.1) is 0 Å². The molecule has 23 heavy (non-hydrogen) atoms. The zero-order chi connectivity index (χ0) is 16.2. The number of benzene rings is 1. The maximum absolute atomic E-state index is 12.3. The van der Waals surface area contributed by atoms with Crippen molar-refractivity contribution >= 4 is 17.5 Å². The molecule has 6 nitrogen and oxygen atoms in total. The number of rotatable bonds is 4. The van der Waals surface area contributed by atoms with Crippen LogP contribution in [0.15, 0.2) is 48.8 Å². The van der Waals surface area contributed by atoms with Crippen molar-refractivity contribution < 1.29 is 14.3 Å². The van der Waals surface area contributed by atoms with Crippen LogP contribution in [-0.4, -0.2) is 29.4 Å². The highest BCUT2D eigenvalue weighted by Gasteiger charge is 2.32. The molecule has 118 valence electrons. The predicted octanol–water partition coefficient (Wildman–Crippen LogP) is 1.51. The van der Waals surface area contributed by atoms with Crippen LogP contribution >= 0.6 is 0 Å². The smallest absolute Gasteiger partial charge is 0.268 e. The average molecular weight is 311 g/mol. The molecule has 1 aromatic heterocycles. The number of pyridine rings is 1. The fourth-order valence-corrected chi connectivity index (χ4v) is 2.42. The lowest BCUT2D eigenvalue weighted by Gasteiger charge is -2.32. The lowest BCUT2D eigenvalue weighted by atomic mass is 10.2. The molecule has 1 unspecified atom stereocenters. The summed E-state index contributed by atoms with van der Waals surface area (Å²) in [7, 11) is 0. The molecular weight excluding hydrogens is 294 g/mol. The number of hydrogen-bond donors (Lipinski definition) is 1. The van der Waals surface area contributed by atoms with Crippen molar-refractivity contribution in [2.45, 2.75) is 19.6 Å². The number of aromatic nitrogens is 1. The zero-order valence-corrected chi connectivity index (χ0v) is 12.7. The third kappa shape index (κ3) is 3.31. The molecule has 2 aromatic rings. The first-order valence-electron chi connectivity index (χ1n) is 7.38. The second-order valence-electron chi connectivity index (χ2n) is 5.28. The van der Waals surface area contributed by atoms with Crippen LogP contribution in [0.4, 0.5) is 5.69 Å². The molecule has 0 aliphatic carbocycles. The van der Waals surface area contributed by atoms with Crippen molar-refractivity contribution in [1.82, 2.24) is 10.3 Å². The minimum absolute atomic E-state index is 0.0331. The number of nitrogens with one attached hydrogen (secondary N) is 1. The summed E-state index contributed by atoms with van der Waals surface area (Å²) in [5.41, 5.74) is 1.57. The molecule has 1 aliphatic rings. The molecule has 2 heterocycles. The van der Waals surface area contributed by atoms with Crippen LogP contribution in [-0.2, 0) is 16.1 Å². The van der Waals surface area contributed by atoms with Crippen LogP contribution in [0.1, 0.15) is 12.5 Å². The number of ether oxygens (including phenoxy) is 1. The van der Waals surface area contributed by atoms with E-state index in [2.05, 4.69) is 10.3 Å². The first-order chi connectivity index (χ1) is 11.1. The lowest BCUT2D eigenvalue weighted by molar-refractivity contribution is -0.128. The number of hydrogen-bond acceptors (Lipinski definition) is 4. The normalized spacial score (nSPS) is 16.5. The number of carbonyl (C=O) groups excluding carboxylic acids is 2. The van der Waals surface area contributed by atoms with Crippen molar-refractivity contribution in [2.24, 2.45) is 0 Å². The van der Waals surface area contributed by atoms with Gasteiger partial charge in [0.2, 0.25) is 5.91 Å². The highest BCUT2D eigenvalue weighted by atomic mass is 16.5. The summed E-state index contributed by atoms with van der Waals surface area (Å²) in [4.78, 5) is 29.9. The quantitative estimate of drug-likeness (QED) is 0.929. The second kappa shape index (κ2) is 6.48. The highest BCUT2D eigenvalue weighted by Crippen LogP contribution is 2.33. The number of fused-ring (bicyclic) bond motifs is 1. The van der Waals surface area contributed by atoms with E-state index in [9.17, 15) is 9.59 Å². The largest absolute Gasteiger partial charge is 0.479 e. The number of carbonyl (C=O) groups is 2. The number of anilines is 1. The van der Waals surface area contributed by atoms with E-state index < -0.39 is 6.10 Å². The van der Waals surface area contributed by atoms with Gasteiger partial charge in [0.25, 0.3) is 5.91 Å². The van der Waals surface area contributed by atoms with Gasteiger partial charge in [0.15, 0.2) is 6.10 Å². The Kier molecular flexibility index (Phi) is 4.23. The van der Waals surface area contributed by atoms with Crippen LogP contribution in [0.3, 0.4) is 0 Å². The van der Waals surface area contributed by atoms with Gasteiger partial charge in [-0.2, -0.15) is 0 Å². The maximum atomic E-state index is 12.3. The van der Waals surface area contributed by atoms with Gasteiger partial charge in [0.1, 0.15) is 12.3 Å². The molecule has 1 N–H and O–H groups in total. The molecule has 1 atom stereocenters. The van der Waals surface area contributed by atoms with Crippen LogP contribution in [0.25, 0.3) is 0 Å². The third-order valence-electron chi connectivity index (χ3n) is 3.61. The van der Waals surface area contributed by atoms with Crippen LogP contribution in [0.5, 0.6) is 5.75 Å². The van der Waals surface area contributed by atoms with E-state index in [-0.39, 0.29) is 18.4 Å². The topological polar surface area (TPSA) is 71.5 Å². The van der Waals surface area contributed by atoms with E-state index in [0.29, 0.717) is 18.0 Å². The molecule has 0 spiro atoms. The molecule has 0 bridgehead atoms. The van der Waals surface area contributed by atoms with E-state index in [1.165, 1.54) is 4.90 Å². The van der Waals surface area contributed by atoms with Crippen molar-refractivity contribution in [2.75, 3.05) is 11.4 Å². The number of amides is 2. The Labute approximate surface area is 134 Å². The molecule has 1 aromatic carbocycles. The molecule has 1 aliphatic heterocycles. The summed E-state index contributed by atoms with van der Waals surface area (Å²) in [6, 6.07) is 10.9. The van der Waals surface area contributed by atoms with Gasteiger partial charge in [0.05, 0.1) is 5.69 Å². The van der Waals surface area contributed by atoms with Gasteiger partial charge in [-0.05, 0) is 36.8 Å². The molecular formula is C17H17N3O3. The first kappa shape index (κ1) is 15.0. The number of para-hydroxylation sites is 2. The zero-order valence-electron chi connectivity index (χ0n) is 12.7. The Morgan fingerprint density at radius 3 is 2.78 bits per heavy atom. The molecule has 0 saturated carbocycles. The summed E-state index contributed by atoms with van der Waals surface area (Å²) in [6.45, 7) is 2.05. The van der Waals surface area contributed by atoms with Gasteiger partial charge < -0.3 is 10.1 Å². The van der Waals surface area contributed by atoms with Crippen LogP contribution in [0.2, 0.25) is 0 Å². The summed E-state index contributed by atoms with van der Waals surface area (Å²) in [6.07, 6.45) is 2.74. The summed E-state index contributed by atoms with van der Waals surface area (Å²) in [5.74, 6) is 0.170. The second-order valence-corrected chi connectivity index (χ2v) is 5.28. The average Bonchev–Trinajstić information content (AvgIpc) is 2.58. The van der Waals surface area contributed by atoms with E-state index >= 15 is 0 Å². The Balaban J connectivity index is 1.69.